The molecule has 18 heavy (non-hydrogen) atoms. The fraction of sp³-hybridized carbons (Fsp3) is 0.200. The van der Waals surface area contributed by atoms with Crippen LogP contribution >= 0.6 is 15.9 Å². The van der Waals surface area contributed by atoms with Crippen LogP contribution in [0.2, 0.25) is 0 Å². The van der Waals surface area contributed by atoms with E-state index < -0.39 is 0 Å². The molecule has 0 saturated heterocycles. The van der Waals surface area contributed by atoms with Crippen molar-refractivity contribution < 1.29 is 4.39 Å². The van der Waals surface area contributed by atoms with Crippen molar-refractivity contribution in [3.63, 3.8) is 0 Å². The molecular formula is C15H15BrFN. The second kappa shape index (κ2) is 5.53. The first-order valence-corrected chi connectivity index (χ1v) is 6.64. The van der Waals surface area contributed by atoms with Gasteiger partial charge in [-0.2, -0.15) is 0 Å². The fourth-order valence-corrected chi connectivity index (χ4v) is 2.27. The topological polar surface area (TPSA) is 12.0 Å². The standard InChI is InChI=1S/C15H15BrFN/c1-10-14(17)7-4-8-15(10)18-11(2)12-5-3-6-13(16)9-12/h3-9,11,18H,1-2H3. The Hall–Kier alpha value is -1.35. The summed E-state index contributed by atoms with van der Waals surface area (Å²) in [5.74, 6) is -0.179. The zero-order valence-corrected chi connectivity index (χ0v) is 12.0. The van der Waals surface area contributed by atoms with Crippen molar-refractivity contribution in [2.45, 2.75) is 19.9 Å². The second-order valence-electron chi connectivity index (χ2n) is 4.33. The van der Waals surface area contributed by atoms with E-state index in [1.54, 1.807) is 13.0 Å². The Morgan fingerprint density at radius 2 is 1.89 bits per heavy atom. The molecule has 0 aliphatic rings. The van der Waals surface area contributed by atoms with Gasteiger partial charge in [0.1, 0.15) is 5.82 Å². The largest absolute Gasteiger partial charge is 0.378 e. The molecule has 0 aliphatic carbocycles. The van der Waals surface area contributed by atoms with Gasteiger partial charge in [0.2, 0.25) is 0 Å². The molecule has 0 spiro atoms. The minimum Gasteiger partial charge on any atom is -0.378 e. The Morgan fingerprint density at radius 1 is 1.17 bits per heavy atom. The van der Waals surface area contributed by atoms with Crippen molar-refractivity contribution >= 4 is 21.6 Å². The van der Waals surface area contributed by atoms with Crippen molar-refractivity contribution in [1.82, 2.24) is 0 Å². The van der Waals surface area contributed by atoms with Crippen LogP contribution < -0.4 is 5.32 Å². The van der Waals surface area contributed by atoms with E-state index in [1.165, 1.54) is 6.07 Å². The maximum absolute atomic E-state index is 13.4. The number of hydrogen-bond donors (Lipinski definition) is 1. The van der Waals surface area contributed by atoms with Gasteiger partial charge in [-0.3, -0.25) is 0 Å². The van der Waals surface area contributed by atoms with Crippen LogP contribution in [0.15, 0.2) is 46.9 Å². The van der Waals surface area contributed by atoms with Crippen LogP contribution in [0.4, 0.5) is 10.1 Å². The van der Waals surface area contributed by atoms with Gasteiger partial charge in [0.05, 0.1) is 0 Å². The molecule has 1 N–H and O–H groups in total. The Kier molecular flexibility index (Phi) is 4.02. The van der Waals surface area contributed by atoms with Gasteiger partial charge < -0.3 is 5.32 Å². The monoisotopic (exact) mass is 307 g/mol. The van der Waals surface area contributed by atoms with E-state index in [-0.39, 0.29) is 11.9 Å². The highest BCUT2D eigenvalue weighted by atomic mass is 79.9. The van der Waals surface area contributed by atoms with Gasteiger partial charge in [-0.15, -0.1) is 0 Å². The minimum absolute atomic E-state index is 0.128. The molecule has 2 rings (SSSR count). The fourth-order valence-electron chi connectivity index (χ4n) is 1.86. The maximum Gasteiger partial charge on any atom is 0.128 e. The lowest BCUT2D eigenvalue weighted by Gasteiger charge is -2.18. The first-order chi connectivity index (χ1) is 8.58. The van der Waals surface area contributed by atoms with Gasteiger partial charge in [0, 0.05) is 21.8 Å². The van der Waals surface area contributed by atoms with Crippen LogP contribution in [0.25, 0.3) is 0 Å². The van der Waals surface area contributed by atoms with Crippen molar-refractivity contribution in [1.29, 1.82) is 0 Å². The molecule has 0 bridgehead atoms. The first-order valence-electron chi connectivity index (χ1n) is 5.85. The van der Waals surface area contributed by atoms with Gasteiger partial charge in [0.15, 0.2) is 0 Å². The van der Waals surface area contributed by atoms with E-state index in [0.717, 1.165) is 15.7 Å². The number of anilines is 1. The SMILES string of the molecule is Cc1c(F)cccc1NC(C)c1cccc(Br)c1. The number of rotatable bonds is 3. The van der Waals surface area contributed by atoms with E-state index in [9.17, 15) is 4.39 Å². The molecular weight excluding hydrogens is 293 g/mol. The van der Waals surface area contributed by atoms with Gasteiger partial charge in [-0.05, 0) is 43.7 Å². The number of benzene rings is 2. The van der Waals surface area contributed by atoms with Crippen molar-refractivity contribution in [3.8, 4) is 0 Å². The smallest absolute Gasteiger partial charge is 0.128 e. The third-order valence-corrected chi connectivity index (χ3v) is 3.48. The number of hydrogen-bond acceptors (Lipinski definition) is 1. The van der Waals surface area contributed by atoms with Gasteiger partial charge in [-0.25, -0.2) is 4.39 Å². The minimum atomic E-state index is -0.179. The number of halogens is 2. The van der Waals surface area contributed by atoms with Crippen LogP contribution in [-0.4, -0.2) is 0 Å². The Labute approximate surface area is 115 Å². The summed E-state index contributed by atoms with van der Waals surface area (Å²) in [5, 5.41) is 3.33. The van der Waals surface area contributed by atoms with Crippen LogP contribution in [0.1, 0.15) is 24.1 Å². The van der Waals surface area contributed by atoms with E-state index in [1.807, 2.05) is 18.2 Å². The maximum atomic E-state index is 13.4. The lowest BCUT2D eigenvalue weighted by Crippen LogP contribution is -2.08. The molecule has 94 valence electrons. The van der Waals surface area contributed by atoms with E-state index >= 15 is 0 Å². The number of nitrogens with one attached hydrogen (secondary N) is 1. The average Bonchev–Trinajstić information content (AvgIpc) is 2.35. The summed E-state index contributed by atoms with van der Waals surface area (Å²) in [6, 6.07) is 13.3. The summed E-state index contributed by atoms with van der Waals surface area (Å²) in [4.78, 5) is 0. The first kappa shape index (κ1) is 13.1. The molecule has 0 aromatic heterocycles. The lowest BCUT2D eigenvalue weighted by atomic mass is 10.1. The van der Waals surface area contributed by atoms with Crippen LogP contribution in [0, 0.1) is 12.7 Å². The van der Waals surface area contributed by atoms with E-state index in [4.69, 9.17) is 0 Å². The highest BCUT2D eigenvalue weighted by molar-refractivity contribution is 9.10. The molecule has 0 saturated carbocycles. The quantitative estimate of drug-likeness (QED) is 0.834. The van der Waals surface area contributed by atoms with E-state index in [2.05, 4.69) is 40.3 Å². The predicted octanol–water partition coefficient (Wildman–Crippen LogP) is 5.07. The predicted molar refractivity (Wildman–Crippen MR) is 77.3 cm³/mol. The highest BCUT2D eigenvalue weighted by Crippen LogP contribution is 2.25. The zero-order chi connectivity index (χ0) is 13.1. The average molecular weight is 308 g/mol. The highest BCUT2D eigenvalue weighted by Gasteiger charge is 2.08. The molecule has 0 amide bonds. The molecule has 2 aromatic carbocycles. The molecule has 3 heteroatoms. The van der Waals surface area contributed by atoms with Crippen molar-refractivity contribution in [3.05, 3.63) is 63.9 Å². The lowest BCUT2D eigenvalue weighted by molar-refractivity contribution is 0.618. The molecule has 0 aliphatic heterocycles. The molecule has 1 nitrogen and oxygen atoms in total. The second-order valence-corrected chi connectivity index (χ2v) is 5.25. The Morgan fingerprint density at radius 3 is 2.61 bits per heavy atom. The molecule has 0 heterocycles. The van der Waals surface area contributed by atoms with E-state index in [0.29, 0.717) is 5.56 Å². The summed E-state index contributed by atoms with van der Waals surface area (Å²) in [5.41, 5.74) is 2.65. The van der Waals surface area contributed by atoms with Gasteiger partial charge in [-0.1, -0.05) is 34.1 Å². The van der Waals surface area contributed by atoms with Crippen LogP contribution in [-0.2, 0) is 0 Å². The van der Waals surface area contributed by atoms with Gasteiger partial charge >= 0.3 is 0 Å². The normalized spacial score (nSPS) is 12.2. The Bertz CT molecular complexity index is 554. The van der Waals surface area contributed by atoms with Crippen molar-refractivity contribution in [2.75, 3.05) is 5.32 Å². The third-order valence-electron chi connectivity index (χ3n) is 2.99. The van der Waals surface area contributed by atoms with Crippen LogP contribution in [0.3, 0.4) is 0 Å². The molecule has 0 radical (unpaired) electrons. The van der Waals surface area contributed by atoms with Crippen molar-refractivity contribution in [2.24, 2.45) is 0 Å². The zero-order valence-electron chi connectivity index (χ0n) is 10.4. The van der Waals surface area contributed by atoms with Crippen LogP contribution in [0.5, 0.6) is 0 Å². The Balaban J connectivity index is 2.21. The summed E-state index contributed by atoms with van der Waals surface area (Å²) in [6.07, 6.45) is 0. The summed E-state index contributed by atoms with van der Waals surface area (Å²) >= 11 is 3.45. The third kappa shape index (κ3) is 2.91. The molecule has 0 fully saturated rings. The summed E-state index contributed by atoms with van der Waals surface area (Å²) in [7, 11) is 0. The molecule has 1 atom stereocenters. The molecule has 1 unspecified atom stereocenters. The summed E-state index contributed by atoms with van der Waals surface area (Å²) in [6.45, 7) is 3.84. The molecule has 2 aromatic rings. The summed E-state index contributed by atoms with van der Waals surface area (Å²) < 4.78 is 14.5. The van der Waals surface area contributed by atoms with Gasteiger partial charge in [0.25, 0.3) is 0 Å².